The van der Waals surface area contributed by atoms with Crippen molar-refractivity contribution in [2.24, 2.45) is 0 Å². The van der Waals surface area contributed by atoms with E-state index in [2.05, 4.69) is 15.6 Å². The Morgan fingerprint density at radius 2 is 1.84 bits per heavy atom. The Kier molecular flexibility index (Phi) is 3.93. The van der Waals surface area contributed by atoms with Crippen LogP contribution in [0.25, 0.3) is 22.6 Å². The van der Waals surface area contributed by atoms with Crippen LogP contribution in [-0.2, 0) is 6.54 Å². The number of para-hydroxylation sites is 2. The highest BCUT2D eigenvalue weighted by atomic mass is 35.5. The van der Waals surface area contributed by atoms with Crippen LogP contribution in [0.1, 0.15) is 11.1 Å². The van der Waals surface area contributed by atoms with Gasteiger partial charge in [0.15, 0.2) is 5.82 Å². The average Bonchev–Trinajstić information content (AvgIpc) is 3.02. The number of nitriles is 1. The summed E-state index contributed by atoms with van der Waals surface area (Å²) in [6.45, 7) is 0.644. The van der Waals surface area contributed by atoms with Gasteiger partial charge in [-0.05, 0) is 42.0 Å². The zero-order chi connectivity index (χ0) is 17.2. The summed E-state index contributed by atoms with van der Waals surface area (Å²) in [5, 5.41) is 9.87. The number of halogens is 1. The van der Waals surface area contributed by atoms with Gasteiger partial charge in [0, 0.05) is 17.8 Å². The van der Waals surface area contributed by atoms with E-state index in [1.807, 2.05) is 48.5 Å². The first kappa shape index (κ1) is 15.4. The van der Waals surface area contributed by atoms with Gasteiger partial charge in [-0.2, -0.15) is 5.26 Å². The Labute approximate surface area is 150 Å². The molecule has 4 nitrogen and oxygen atoms in total. The lowest BCUT2D eigenvalue weighted by Gasteiger charge is -2.09. The van der Waals surface area contributed by atoms with Gasteiger partial charge in [-0.25, -0.2) is 4.98 Å². The Morgan fingerprint density at radius 1 is 1.04 bits per heavy atom. The van der Waals surface area contributed by atoms with Gasteiger partial charge < -0.3 is 4.57 Å². The lowest BCUT2D eigenvalue weighted by molar-refractivity contribution is 0.830. The summed E-state index contributed by atoms with van der Waals surface area (Å²) in [6, 6.07) is 21.3. The minimum Gasteiger partial charge on any atom is -0.318 e. The minimum atomic E-state index is 0.565. The summed E-state index contributed by atoms with van der Waals surface area (Å²) in [5.41, 5.74) is 4.29. The number of hydrogen-bond donors (Lipinski definition) is 0. The fraction of sp³-hybridized carbons (Fsp3) is 0.0500. The molecule has 5 heteroatoms. The van der Waals surface area contributed by atoms with Crippen molar-refractivity contribution in [2.75, 3.05) is 0 Å². The topological polar surface area (TPSA) is 54.5 Å². The summed E-state index contributed by atoms with van der Waals surface area (Å²) < 4.78 is 2.11. The number of nitrogens with zero attached hydrogens (tertiary/aromatic N) is 4. The number of aromatic nitrogens is 3. The second kappa shape index (κ2) is 6.39. The molecule has 4 aromatic rings. The van der Waals surface area contributed by atoms with Crippen molar-refractivity contribution in [3.8, 4) is 17.6 Å². The molecular weight excluding hydrogens is 332 g/mol. The van der Waals surface area contributed by atoms with Gasteiger partial charge in [0.2, 0.25) is 0 Å². The van der Waals surface area contributed by atoms with Crippen LogP contribution in [0.5, 0.6) is 0 Å². The Morgan fingerprint density at radius 3 is 2.64 bits per heavy atom. The second-order valence-electron chi connectivity index (χ2n) is 5.68. The molecular formula is C20H13ClN4. The highest BCUT2D eigenvalue weighted by Gasteiger charge is 2.14. The molecule has 0 aliphatic heterocycles. The first-order chi connectivity index (χ1) is 12.2. The maximum Gasteiger partial charge on any atom is 0.160 e. The van der Waals surface area contributed by atoms with Crippen molar-refractivity contribution in [1.82, 2.24) is 14.5 Å². The summed E-state index contributed by atoms with van der Waals surface area (Å²) in [6.07, 6.45) is 1.64. The minimum absolute atomic E-state index is 0.565. The molecule has 0 unspecified atom stereocenters. The van der Waals surface area contributed by atoms with Crippen molar-refractivity contribution in [1.29, 1.82) is 5.26 Å². The molecule has 0 fully saturated rings. The molecule has 4 rings (SSSR count). The molecule has 0 radical (unpaired) electrons. The quantitative estimate of drug-likeness (QED) is 0.542. The van der Waals surface area contributed by atoms with Crippen molar-refractivity contribution in [2.45, 2.75) is 6.54 Å². The molecule has 0 bridgehead atoms. The number of rotatable bonds is 3. The highest BCUT2D eigenvalue weighted by Crippen LogP contribution is 2.25. The van der Waals surface area contributed by atoms with Gasteiger partial charge in [0.25, 0.3) is 0 Å². The first-order valence-corrected chi connectivity index (χ1v) is 8.18. The Hall–Kier alpha value is -3.16. The van der Waals surface area contributed by atoms with E-state index in [-0.39, 0.29) is 0 Å². The summed E-state index contributed by atoms with van der Waals surface area (Å²) in [7, 11) is 0. The Balaban J connectivity index is 1.88. The van der Waals surface area contributed by atoms with E-state index in [0.29, 0.717) is 22.8 Å². The van der Waals surface area contributed by atoms with Crippen molar-refractivity contribution >= 4 is 22.6 Å². The molecule has 0 aliphatic rings. The van der Waals surface area contributed by atoms with Crippen LogP contribution in [0.3, 0.4) is 0 Å². The van der Waals surface area contributed by atoms with Crippen molar-refractivity contribution in [3.63, 3.8) is 0 Å². The molecule has 25 heavy (non-hydrogen) atoms. The third kappa shape index (κ3) is 2.98. The maximum atomic E-state index is 9.16. The second-order valence-corrected chi connectivity index (χ2v) is 6.11. The standard InChI is InChI=1S/C20H13ClN4/c21-16-7-5-14(6-8-16)13-25-19-4-2-1-3-17(19)24-20(25)18-11-15(12-22)9-10-23-18/h1-11H,13H2. The molecule has 2 aromatic heterocycles. The van der Waals surface area contributed by atoms with Crippen molar-refractivity contribution < 1.29 is 0 Å². The van der Waals surface area contributed by atoms with Crippen molar-refractivity contribution in [3.05, 3.63) is 83.0 Å². The zero-order valence-corrected chi connectivity index (χ0v) is 14.0. The predicted molar refractivity (Wildman–Crippen MR) is 98.2 cm³/mol. The number of hydrogen-bond acceptors (Lipinski definition) is 3. The van der Waals surface area contributed by atoms with Crippen LogP contribution >= 0.6 is 11.6 Å². The van der Waals surface area contributed by atoms with Crippen LogP contribution in [0, 0.1) is 11.3 Å². The molecule has 2 aromatic carbocycles. The third-order valence-electron chi connectivity index (χ3n) is 4.03. The fourth-order valence-corrected chi connectivity index (χ4v) is 2.95. The molecule has 0 N–H and O–H groups in total. The van der Waals surface area contributed by atoms with Gasteiger partial charge in [-0.3, -0.25) is 4.98 Å². The number of benzene rings is 2. The number of fused-ring (bicyclic) bond motifs is 1. The van der Waals surface area contributed by atoms with Gasteiger partial charge in [0.1, 0.15) is 5.69 Å². The summed E-state index contributed by atoms with van der Waals surface area (Å²) >= 11 is 5.99. The van der Waals surface area contributed by atoms with E-state index in [4.69, 9.17) is 21.8 Å². The van der Waals surface area contributed by atoms with E-state index in [1.54, 1.807) is 18.3 Å². The van der Waals surface area contributed by atoms with Crippen LogP contribution in [-0.4, -0.2) is 14.5 Å². The normalized spacial score (nSPS) is 10.7. The summed E-state index contributed by atoms with van der Waals surface area (Å²) in [5.74, 6) is 0.744. The average molecular weight is 345 g/mol. The van der Waals surface area contributed by atoms with Gasteiger partial charge in [-0.15, -0.1) is 0 Å². The van der Waals surface area contributed by atoms with Crippen LogP contribution < -0.4 is 0 Å². The zero-order valence-electron chi connectivity index (χ0n) is 13.2. The third-order valence-corrected chi connectivity index (χ3v) is 4.28. The van der Waals surface area contributed by atoms with E-state index in [9.17, 15) is 0 Å². The summed E-state index contributed by atoms with van der Waals surface area (Å²) in [4.78, 5) is 9.15. The van der Waals surface area contributed by atoms with E-state index in [1.165, 1.54) is 0 Å². The van der Waals surface area contributed by atoms with Gasteiger partial charge in [-0.1, -0.05) is 35.9 Å². The largest absolute Gasteiger partial charge is 0.318 e. The fourth-order valence-electron chi connectivity index (χ4n) is 2.83. The van der Waals surface area contributed by atoms with Gasteiger partial charge in [0.05, 0.1) is 22.7 Å². The lowest BCUT2D eigenvalue weighted by atomic mass is 10.2. The van der Waals surface area contributed by atoms with E-state index < -0.39 is 0 Å². The molecule has 0 saturated carbocycles. The van der Waals surface area contributed by atoms with Crippen LogP contribution in [0.4, 0.5) is 0 Å². The van der Waals surface area contributed by atoms with Crippen LogP contribution in [0.2, 0.25) is 5.02 Å². The molecule has 0 amide bonds. The first-order valence-electron chi connectivity index (χ1n) is 7.81. The molecule has 0 atom stereocenters. The monoisotopic (exact) mass is 344 g/mol. The van der Waals surface area contributed by atoms with E-state index >= 15 is 0 Å². The molecule has 120 valence electrons. The van der Waals surface area contributed by atoms with E-state index in [0.717, 1.165) is 22.4 Å². The lowest BCUT2D eigenvalue weighted by Crippen LogP contribution is -2.03. The molecule has 2 heterocycles. The molecule has 0 spiro atoms. The smallest absolute Gasteiger partial charge is 0.160 e. The Bertz CT molecular complexity index is 1090. The molecule has 0 saturated heterocycles. The SMILES string of the molecule is N#Cc1ccnc(-c2nc3ccccc3n2Cc2ccc(Cl)cc2)c1. The molecule has 0 aliphatic carbocycles. The van der Waals surface area contributed by atoms with Gasteiger partial charge >= 0.3 is 0 Å². The van der Waals surface area contributed by atoms with Crippen LogP contribution in [0.15, 0.2) is 66.9 Å². The number of imidazole rings is 1. The highest BCUT2D eigenvalue weighted by molar-refractivity contribution is 6.30. The number of pyridine rings is 1. The predicted octanol–water partition coefficient (Wildman–Crippen LogP) is 4.67. The maximum absolute atomic E-state index is 9.16.